The number of nitrogens with zero attached hydrogens (tertiary/aromatic N) is 2. The van der Waals surface area contributed by atoms with Gasteiger partial charge in [0.25, 0.3) is 0 Å². The number of hydrogen-bond donors (Lipinski definition) is 0. The van der Waals surface area contributed by atoms with Crippen LogP contribution in [0.2, 0.25) is 0 Å². The fraction of sp³-hybridized carbons (Fsp3) is 0.608. The van der Waals surface area contributed by atoms with Crippen LogP contribution in [0.4, 0.5) is 11.4 Å². The predicted molar refractivity (Wildman–Crippen MR) is 238 cm³/mol. The second-order valence-corrected chi connectivity index (χ2v) is 15.7. The summed E-state index contributed by atoms with van der Waals surface area (Å²) < 4.78 is 0. The van der Waals surface area contributed by atoms with Gasteiger partial charge in [0.1, 0.15) is 0 Å². The summed E-state index contributed by atoms with van der Waals surface area (Å²) in [4.78, 5) is 10.8. The third-order valence-corrected chi connectivity index (χ3v) is 11.1. The van der Waals surface area contributed by atoms with Crippen LogP contribution in [0, 0.1) is 0 Å². The highest BCUT2D eigenvalue weighted by Gasteiger charge is 2.16. The van der Waals surface area contributed by atoms with E-state index in [1.54, 1.807) is 16.7 Å². The van der Waals surface area contributed by atoms with Gasteiger partial charge in [-0.15, -0.1) is 0 Å². The van der Waals surface area contributed by atoms with Crippen molar-refractivity contribution in [3.05, 3.63) is 82.4 Å². The van der Waals surface area contributed by atoms with Gasteiger partial charge < -0.3 is 0 Å². The topological polar surface area (TPSA) is 24.7 Å². The molecule has 2 nitrogen and oxygen atoms in total. The Bertz CT molecular complexity index is 1490. The van der Waals surface area contributed by atoms with Crippen molar-refractivity contribution in [1.29, 1.82) is 0 Å². The molecular formula is C51H78N2. The van der Waals surface area contributed by atoms with Crippen LogP contribution < -0.4 is 0 Å². The average Bonchev–Trinajstić information content (AvgIpc) is 3.17. The number of benzene rings is 3. The minimum absolute atomic E-state index is 0.870. The van der Waals surface area contributed by atoms with E-state index in [0.29, 0.717) is 0 Å². The van der Waals surface area contributed by atoms with E-state index >= 15 is 0 Å². The summed E-state index contributed by atoms with van der Waals surface area (Å²) in [5, 5.41) is 0. The van der Waals surface area contributed by atoms with Crippen LogP contribution >= 0.6 is 0 Å². The van der Waals surface area contributed by atoms with Crippen molar-refractivity contribution >= 4 is 22.8 Å². The molecule has 3 aromatic rings. The molecule has 53 heavy (non-hydrogen) atoms. The molecule has 0 aliphatic carbocycles. The molecule has 0 aliphatic heterocycles. The zero-order valence-electron chi connectivity index (χ0n) is 35.6. The quantitative estimate of drug-likeness (QED) is 0.0527. The zero-order chi connectivity index (χ0) is 38.1. The van der Waals surface area contributed by atoms with Gasteiger partial charge in [-0.25, -0.2) is 0 Å². The Balaban J connectivity index is 2.06. The molecule has 0 aromatic heterocycles. The maximum absolute atomic E-state index is 5.42. The standard InChI is InChI=1S/C51H78N2/c1-8-14-19-22-23-26-34-44-38-47(37-43(30-17-11-4)49(44)36-29-21-16-10-3)52-41(7)50(13-6)53-48-39-45(31-18-12-5)51(42-32-27-24-28-33-42)46(40-48)35-25-20-15-9-2/h24,27-28,32-33,37-40H,8-23,25-26,29-31,34-36H2,1-7H3. The summed E-state index contributed by atoms with van der Waals surface area (Å²) in [5.74, 6) is 0. The molecule has 2 heteroatoms. The van der Waals surface area contributed by atoms with Crippen LogP contribution in [0.1, 0.15) is 198 Å². The molecule has 0 unspecified atom stereocenters. The van der Waals surface area contributed by atoms with Gasteiger partial charge in [-0.3, -0.25) is 9.98 Å². The molecule has 0 saturated carbocycles. The van der Waals surface area contributed by atoms with Gasteiger partial charge in [-0.2, -0.15) is 0 Å². The summed E-state index contributed by atoms with van der Waals surface area (Å²) in [5.41, 5.74) is 14.9. The SMILES string of the molecule is CCCCCCCCc1cc(N=C(C)C(CC)=Nc2cc(CCCC)c(-c3ccccc3)c(CCCCCC)c2)cc(CCCC)c1CCCCCC. The lowest BCUT2D eigenvalue weighted by atomic mass is 9.88. The summed E-state index contributed by atoms with van der Waals surface area (Å²) in [7, 11) is 0. The Hall–Kier alpha value is -3.00. The van der Waals surface area contributed by atoms with Crippen LogP contribution in [-0.2, 0) is 32.1 Å². The maximum atomic E-state index is 5.42. The lowest BCUT2D eigenvalue weighted by molar-refractivity contribution is 0.604. The molecule has 0 bridgehead atoms. The largest absolute Gasteiger partial charge is 0.252 e. The van der Waals surface area contributed by atoms with Crippen molar-refractivity contribution in [2.45, 2.75) is 203 Å². The van der Waals surface area contributed by atoms with E-state index in [-0.39, 0.29) is 0 Å². The predicted octanol–water partition coefficient (Wildman–Crippen LogP) is 16.5. The average molecular weight is 719 g/mol. The molecule has 0 amide bonds. The van der Waals surface area contributed by atoms with Gasteiger partial charge in [-0.1, -0.05) is 155 Å². The highest BCUT2D eigenvalue weighted by molar-refractivity contribution is 6.42. The highest BCUT2D eigenvalue weighted by Crippen LogP contribution is 2.35. The molecule has 0 fully saturated rings. The molecule has 0 spiro atoms. The Kier molecular flexibility index (Phi) is 22.4. The van der Waals surface area contributed by atoms with Crippen LogP contribution in [-0.4, -0.2) is 11.4 Å². The third kappa shape index (κ3) is 15.7. The molecule has 3 rings (SSSR count). The lowest BCUT2D eigenvalue weighted by Crippen LogP contribution is -2.09. The number of aliphatic imine (C=N–C) groups is 2. The second-order valence-electron chi connectivity index (χ2n) is 15.7. The fourth-order valence-electron chi connectivity index (χ4n) is 7.93. The Morgan fingerprint density at radius 3 is 1.40 bits per heavy atom. The van der Waals surface area contributed by atoms with Crippen molar-refractivity contribution in [3.8, 4) is 11.1 Å². The van der Waals surface area contributed by atoms with Gasteiger partial charge in [0.05, 0.1) is 22.8 Å². The van der Waals surface area contributed by atoms with Crippen molar-refractivity contribution in [1.82, 2.24) is 0 Å². The molecule has 0 heterocycles. The first-order valence-corrected chi connectivity index (χ1v) is 22.5. The highest BCUT2D eigenvalue weighted by atomic mass is 14.8. The van der Waals surface area contributed by atoms with Crippen LogP contribution in [0.15, 0.2) is 64.6 Å². The lowest BCUT2D eigenvalue weighted by Gasteiger charge is -2.18. The summed E-state index contributed by atoms with van der Waals surface area (Å²) in [6, 6.07) is 20.8. The number of rotatable bonds is 28. The first-order chi connectivity index (χ1) is 26.0. The van der Waals surface area contributed by atoms with Crippen LogP contribution in [0.5, 0.6) is 0 Å². The van der Waals surface area contributed by atoms with Crippen molar-refractivity contribution in [2.24, 2.45) is 9.98 Å². The number of aryl methyl sites for hydroxylation is 4. The van der Waals surface area contributed by atoms with E-state index in [0.717, 1.165) is 48.5 Å². The molecular weight excluding hydrogens is 641 g/mol. The van der Waals surface area contributed by atoms with E-state index in [4.69, 9.17) is 9.98 Å². The van der Waals surface area contributed by atoms with Gasteiger partial charge in [0.15, 0.2) is 0 Å². The van der Waals surface area contributed by atoms with Crippen LogP contribution in [0.3, 0.4) is 0 Å². The maximum Gasteiger partial charge on any atom is 0.0639 e. The van der Waals surface area contributed by atoms with E-state index < -0.39 is 0 Å². The first-order valence-electron chi connectivity index (χ1n) is 22.5. The second kappa shape index (κ2) is 26.7. The zero-order valence-corrected chi connectivity index (χ0v) is 35.6. The molecule has 292 valence electrons. The minimum Gasteiger partial charge on any atom is -0.252 e. The van der Waals surface area contributed by atoms with Crippen molar-refractivity contribution < 1.29 is 0 Å². The van der Waals surface area contributed by atoms with Gasteiger partial charge in [0.2, 0.25) is 0 Å². The monoisotopic (exact) mass is 719 g/mol. The third-order valence-electron chi connectivity index (χ3n) is 11.1. The smallest absolute Gasteiger partial charge is 0.0639 e. The van der Waals surface area contributed by atoms with Gasteiger partial charge in [0, 0.05) is 0 Å². The normalized spacial score (nSPS) is 12.2. The Morgan fingerprint density at radius 1 is 0.434 bits per heavy atom. The van der Waals surface area contributed by atoms with E-state index in [1.807, 2.05) is 0 Å². The summed E-state index contributed by atoms with van der Waals surface area (Å²) in [6.07, 6.45) is 29.9. The number of hydrogen-bond acceptors (Lipinski definition) is 2. The fourth-order valence-corrected chi connectivity index (χ4v) is 7.93. The first kappa shape index (κ1) is 44.4. The van der Waals surface area contributed by atoms with Gasteiger partial charge in [-0.05, 0) is 141 Å². The van der Waals surface area contributed by atoms with Crippen LogP contribution in [0.25, 0.3) is 11.1 Å². The number of unbranched alkanes of at least 4 members (excludes halogenated alkanes) is 13. The Morgan fingerprint density at radius 2 is 0.849 bits per heavy atom. The van der Waals surface area contributed by atoms with E-state index in [9.17, 15) is 0 Å². The van der Waals surface area contributed by atoms with Gasteiger partial charge >= 0.3 is 0 Å². The molecule has 0 aliphatic rings. The van der Waals surface area contributed by atoms with E-state index in [2.05, 4.69) is 103 Å². The molecule has 0 N–H and O–H groups in total. The van der Waals surface area contributed by atoms with Crippen molar-refractivity contribution in [3.63, 3.8) is 0 Å². The molecule has 3 aromatic carbocycles. The Labute approximate surface area is 327 Å². The van der Waals surface area contributed by atoms with Crippen molar-refractivity contribution in [2.75, 3.05) is 0 Å². The molecule has 0 atom stereocenters. The summed E-state index contributed by atoms with van der Waals surface area (Å²) >= 11 is 0. The van der Waals surface area contributed by atoms with E-state index in [1.165, 1.54) is 151 Å². The minimum atomic E-state index is 0.870. The molecule has 0 radical (unpaired) electrons. The molecule has 0 saturated heterocycles. The summed E-state index contributed by atoms with van der Waals surface area (Å²) in [6.45, 7) is 16.0.